The highest BCUT2D eigenvalue weighted by molar-refractivity contribution is 6.00. The zero-order chi connectivity index (χ0) is 29.0. The summed E-state index contributed by atoms with van der Waals surface area (Å²) in [6, 6.07) is 23.0. The molecule has 212 valence electrons. The third-order valence-corrected chi connectivity index (χ3v) is 7.56. The van der Waals surface area contributed by atoms with Crippen molar-refractivity contribution in [3.63, 3.8) is 0 Å². The number of rotatable bonds is 6. The first-order valence-electron chi connectivity index (χ1n) is 14.2. The van der Waals surface area contributed by atoms with Crippen LogP contribution >= 0.6 is 0 Å². The Labute approximate surface area is 241 Å². The van der Waals surface area contributed by atoms with Crippen LogP contribution in [0.5, 0.6) is 0 Å². The first kappa shape index (κ1) is 28.1. The molecular weight excluding hydrogens is 512 g/mol. The molecule has 0 saturated carbocycles. The molecule has 1 saturated heterocycles. The molecule has 2 aromatic carbocycles. The van der Waals surface area contributed by atoms with Gasteiger partial charge in [0.25, 0.3) is 5.91 Å². The number of hydrogen-bond acceptors (Lipinski definition) is 4. The molecule has 0 aliphatic carbocycles. The molecule has 0 unspecified atom stereocenters. The second-order valence-electron chi connectivity index (χ2n) is 11.8. The molecule has 0 spiro atoms. The van der Waals surface area contributed by atoms with Gasteiger partial charge >= 0.3 is 6.03 Å². The van der Waals surface area contributed by atoms with E-state index in [2.05, 4.69) is 42.5 Å². The molecule has 1 fully saturated rings. The Morgan fingerprint density at radius 1 is 0.927 bits per heavy atom. The maximum atomic E-state index is 13.3. The van der Waals surface area contributed by atoms with Crippen LogP contribution in [-0.4, -0.2) is 44.7 Å². The number of amides is 3. The van der Waals surface area contributed by atoms with Gasteiger partial charge in [-0.1, -0.05) is 62.7 Å². The number of anilines is 2. The molecule has 2 N–H and O–H groups in total. The second kappa shape index (κ2) is 12.0. The number of aromatic nitrogens is 3. The van der Waals surface area contributed by atoms with E-state index in [1.165, 1.54) is 0 Å². The molecule has 1 aliphatic rings. The lowest BCUT2D eigenvalue weighted by Crippen LogP contribution is -2.39. The van der Waals surface area contributed by atoms with Gasteiger partial charge in [-0.2, -0.15) is 5.10 Å². The van der Waals surface area contributed by atoms with E-state index in [0.717, 1.165) is 47.5 Å². The van der Waals surface area contributed by atoms with E-state index in [9.17, 15) is 9.59 Å². The number of aryl methyl sites for hydroxylation is 1. The fourth-order valence-electron chi connectivity index (χ4n) is 5.11. The van der Waals surface area contributed by atoms with Gasteiger partial charge in [0.15, 0.2) is 0 Å². The zero-order valence-corrected chi connectivity index (χ0v) is 24.2. The molecule has 8 nitrogen and oxygen atoms in total. The summed E-state index contributed by atoms with van der Waals surface area (Å²) in [6.45, 7) is 9.77. The van der Waals surface area contributed by atoms with Crippen molar-refractivity contribution in [2.45, 2.75) is 52.4 Å². The van der Waals surface area contributed by atoms with Crippen LogP contribution in [0.15, 0.2) is 79.0 Å². The number of piperidine rings is 1. The van der Waals surface area contributed by atoms with Gasteiger partial charge in [-0.3, -0.25) is 15.1 Å². The van der Waals surface area contributed by atoms with E-state index in [4.69, 9.17) is 5.10 Å². The Balaban J connectivity index is 1.25. The van der Waals surface area contributed by atoms with Gasteiger partial charge in [0.05, 0.1) is 11.4 Å². The molecule has 0 atom stereocenters. The zero-order valence-electron chi connectivity index (χ0n) is 24.2. The topological polar surface area (TPSA) is 92.2 Å². The van der Waals surface area contributed by atoms with E-state index >= 15 is 0 Å². The number of likely N-dealkylation sites (tertiary alicyclic amines) is 1. The van der Waals surface area contributed by atoms with Crippen molar-refractivity contribution in [1.82, 2.24) is 19.7 Å². The van der Waals surface area contributed by atoms with E-state index < -0.39 is 0 Å². The standard InChI is InChI=1S/C33H38N6O2/c1-23-12-14-26(15-13-23)39-30(22-29(37-39)33(2,3)4)36-32(41)35-27-10-6-5-9-25(27)21-24-16-19-38(20-17-24)31(40)28-11-7-8-18-34-28/h5-15,18,22,24H,16-17,19-21H2,1-4H3,(H2,35,36,41). The number of nitrogens with one attached hydrogen (secondary N) is 2. The Hall–Kier alpha value is -4.46. The average molecular weight is 551 g/mol. The predicted molar refractivity (Wildman–Crippen MR) is 163 cm³/mol. The van der Waals surface area contributed by atoms with Crippen molar-refractivity contribution in [3.8, 4) is 5.69 Å². The van der Waals surface area contributed by atoms with Gasteiger partial charge in [-0.05, 0) is 68.0 Å². The maximum absolute atomic E-state index is 13.3. The Morgan fingerprint density at radius 3 is 2.32 bits per heavy atom. The summed E-state index contributed by atoms with van der Waals surface area (Å²) < 4.78 is 1.78. The minimum atomic E-state index is -0.318. The number of para-hydroxylation sites is 1. The first-order chi connectivity index (χ1) is 19.7. The van der Waals surface area contributed by atoms with E-state index in [1.807, 2.05) is 72.5 Å². The van der Waals surface area contributed by atoms with Crippen LogP contribution in [0.3, 0.4) is 0 Å². The molecule has 4 aromatic rings. The van der Waals surface area contributed by atoms with Crippen LogP contribution < -0.4 is 10.6 Å². The highest BCUT2D eigenvalue weighted by Crippen LogP contribution is 2.28. The third kappa shape index (κ3) is 6.82. The molecule has 0 radical (unpaired) electrons. The number of hydrogen-bond donors (Lipinski definition) is 2. The van der Waals surface area contributed by atoms with Crippen LogP contribution in [0.4, 0.5) is 16.3 Å². The molecule has 41 heavy (non-hydrogen) atoms. The SMILES string of the molecule is Cc1ccc(-n2nc(C(C)(C)C)cc2NC(=O)Nc2ccccc2CC2CCN(C(=O)c3ccccn3)CC2)cc1. The fraction of sp³-hybridized carbons (Fsp3) is 0.333. The quantitative estimate of drug-likeness (QED) is 0.282. The van der Waals surface area contributed by atoms with Crippen molar-refractivity contribution < 1.29 is 9.59 Å². The Bertz CT molecular complexity index is 1500. The lowest BCUT2D eigenvalue weighted by molar-refractivity contribution is 0.0684. The van der Waals surface area contributed by atoms with E-state index in [1.54, 1.807) is 16.9 Å². The van der Waals surface area contributed by atoms with Gasteiger partial charge in [0, 0.05) is 36.5 Å². The molecule has 0 bridgehead atoms. The smallest absolute Gasteiger partial charge is 0.324 e. The van der Waals surface area contributed by atoms with Crippen LogP contribution in [0.25, 0.3) is 5.69 Å². The molecule has 3 heterocycles. The lowest BCUT2D eigenvalue weighted by atomic mass is 9.89. The number of urea groups is 1. The summed E-state index contributed by atoms with van der Waals surface area (Å²) in [7, 11) is 0. The highest BCUT2D eigenvalue weighted by atomic mass is 16.2. The van der Waals surface area contributed by atoms with Crippen molar-refractivity contribution in [1.29, 1.82) is 0 Å². The highest BCUT2D eigenvalue weighted by Gasteiger charge is 2.25. The van der Waals surface area contributed by atoms with Crippen molar-refractivity contribution in [2.75, 3.05) is 23.7 Å². The van der Waals surface area contributed by atoms with Gasteiger partial charge in [0.2, 0.25) is 0 Å². The number of pyridine rings is 1. The maximum Gasteiger partial charge on any atom is 0.324 e. The Morgan fingerprint density at radius 2 is 1.63 bits per heavy atom. The molecule has 5 rings (SSSR count). The van der Waals surface area contributed by atoms with E-state index in [0.29, 0.717) is 30.5 Å². The summed E-state index contributed by atoms with van der Waals surface area (Å²) in [5, 5.41) is 10.9. The number of nitrogens with zero attached hydrogens (tertiary/aromatic N) is 4. The Kier molecular flexibility index (Phi) is 8.19. The lowest BCUT2D eigenvalue weighted by Gasteiger charge is -2.32. The van der Waals surface area contributed by atoms with Gasteiger partial charge in [-0.15, -0.1) is 0 Å². The predicted octanol–water partition coefficient (Wildman–Crippen LogP) is 6.61. The summed E-state index contributed by atoms with van der Waals surface area (Å²) in [5.41, 5.74) is 5.12. The monoisotopic (exact) mass is 550 g/mol. The molecule has 8 heteroatoms. The molecule has 3 amide bonds. The summed E-state index contributed by atoms with van der Waals surface area (Å²) in [5.74, 6) is 1.02. The second-order valence-corrected chi connectivity index (χ2v) is 11.8. The van der Waals surface area contributed by atoms with E-state index in [-0.39, 0.29) is 17.4 Å². The molecular formula is C33H38N6O2. The fourth-order valence-corrected chi connectivity index (χ4v) is 5.11. The van der Waals surface area contributed by atoms with Gasteiger partial charge in [-0.25, -0.2) is 9.48 Å². The number of benzene rings is 2. The molecule has 2 aromatic heterocycles. The minimum Gasteiger partial charge on any atom is -0.337 e. The third-order valence-electron chi connectivity index (χ3n) is 7.56. The summed E-state index contributed by atoms with van der Waals surface area (Å²) >= 11 is 0. The van der Waals surface area contributed by atoms with Crippen molar-refractivity contribution in [2.24, 2.45) is 5.92 Å². The number of carbonyl (C=O) groups is 2. The van der Waals surface area contributed by atoms with Crippen LogP contribution in [0.2, 0.25) is 0 Å². The van der Waals surface area contributed by atoms with Gasteiger partial charge < -0.3 is 10.2 Å². The summed E-state index contributed by atoms with van der Waals surface area (Å²) in [4.78, 5) is 32.1. The van der Waals surface area contributed by atoms with Crippen LogP contribution in [-0.2, 0) is 11.8 Å². The number of carbonyl (C=O) groups excluding carboxylic acids is 2. The minimum absolute atomic E-state index is 0.0118. The molecule has 1 aliphatic heterocycles. The normalized spacial score (nSPS) is 14.1. The van der Waals surface area contributed by atoms with Crippen LogP contribution in [0.1, 0.15) is 60.9 Å². The van der Waals surface area contributed by atoms with Gasteiger partial charge in [0.1, 0.15) is 11.5 Å². The van der Waals surface area contributed by atoms with Crippen LogP contribution in [0, 0.1) is 12.8 Å². The van der Waals surface area contributed by atoms with Crippen molar-refractivity contribution >= 4 is 23.4 Å². The summed E-state index contributed by atoms with van der Waals surface area (Å²) in [6.07, 6.45) is 4.30. The first-order valence-corrected chi connectivity index (χ1v) is 14.2. The largest absolute Gasteiger partial charge is 0.337 e. The van der Waals surface area contributed by atoms with Crippen molar-refractivity contribution in [3.05, 3.63) is 102 Å². The average Bonchev–Trinajstić information content (AvgIpc) is 3.39.